The average molecular weight is 270 g/mol. The second-order valence-electron chi connectivity index (χ2n) is 5.02. The van der Waals surface area contributed by atoms with Crippen molar-refractivity contribution in [3.05, 3.63) is 48.0 Å². The van der Waals surface area contributed by atoms with Gasteiger partial charge in [0.05, 0.1) is 12.7 Å². The van der Waals surface area contributed by atoms with Crippen LogP contribution < -0.4 is 0 Å². The van der Waals surface area contributed by atoms with Gasteiger partial charge in [-0.05, 0) is 16.3 Å². The maximum Gasteiger partial charge on any atom is 0.231 e. The molecule has 0 unspecified atom stereocenters. The van der Waals surface area contributed by atoms with Gasteiger partial charge in [-0.25, -0.2) is 0 Å². The summed E-state index contributed by atoms with van der Waals surface area (Å²) in [5.74, 6) is -0.690. The van der Waals surface area contributed by atoms with Gasteiger partial charge in [-0.15, -0.1) is 0 Å². The van der Waals surface area contributed by atoms with Gasteiger partial charge in [-0.2, -0.15) is 0 Å². The predicted octanol–water partition coefficient (Wildman–Crippen LogP) is 1.28. The number of ketones is 1. The summed E-state index contributed by atoms with van der Waals surface area (Å²) in [5.41, 5.74) is -0.386. The molecule has 0 spiro atoms. The highest BCUT2D eigenvalue weighted by molar-refractivity contribution is 6.30. The van der Waals surface area contributed by atoms with Crippen LogP contribution in [0.2, 0.25) is 0 Å². The van der Waals surface area contributed by atoms with Gasteiger partial charge in [-0.1, -0.05) is 42.5 Å². The highest BCUT2D eigenvalue weighted by atomic mass is 16.6. The third-order valence-corrected chi connectivity index (χ3v) is 3.81. The maximum absolute atomic E-state index is 11.5. The van der Waals surface area contributed by atoms with Crippen molar-refractivity contribution in [1.82, 2.24) is 0 Å². The smallest absolute Gasteiger partial charge is 0.231 e. The van der Waals surface area contributed by atoms with Gasteiger partial charge in [0, 0.05) is 6.42 Å². The molecule has 1 aliphatic heterocycles. The number of hydrogen-bond donors (Lipinski definition) is 1. The third-order valence-electron chi connectivity index (χ3n) is 3.81. The van der Waals surface area contributed by atoms with Crippen LogP contribution in [0.1, 0.15) is 5.56 Å². The van der Waals surface area contributed by atoms with E-state index in [-0.39, 0.29) is 19.3 Å². The molecule has 4 heteroatoms. The Labute approximate surface area is 116 Å². The van der Waals surface area contributed by atoms with Crippen molar-refractivity contribution in [2.45, 2.75) is 18.1 Å². The van der Waals surface area contributed by atoms with E-state index >= 15 is 0 Å². The van der Waals surface area contributed by atoms with Crippen LogP contribution in [0, 0.1) is 0 Å². The largest absolute Gasteiger partial charge is 0.389 e. The molecule has 0 radical (unpaired) electrons. The fourth-order valence-corrected chi connectivity index (χ4v) is 2.52. The first kappa shape index (κ1) is 13.0. The SMILES string of the molecule is O=CC(=O)[C@@]1([C@H](O)Cc2cccc3ccccc23)CO1. The lowest BCUT2D eigenvalue weighted by Gasteiger charge is -2.17. The van der Waals surface area contributed by atoms with E-state index in [1.165, 1.54) is 0 Å². The molecule has 0 bridgehead atoms. The zero-order valence-corrected chi connectivity index (χ0v) is 10.8. The Morgan fingerprint density at radius 1 is 1.30 bits per heavy atom. The highest BCUT2D eigenvalue weighted by Gasteiger charge is 2.57. The van der Waals surface area contributed by atoms with E-state index in [1.807, 2.05) is 42.5 Å². The van der Waals surface area contributed by atoms with Crippen LogP contribution in [-0.4, -0.2) is 35.5 Å². The van der Waals surface area contributed by atoms with Crippen molar-refractivity contribution in [1.29, 1.82) is 0 Å². The predicted molar refractivity (Wildman–Crippen MR) is 73.4 cm³/mol. The van der Waals surface area contributed by atoms with Crippen LogP contribution >= 0.6 is 0 Å². The standard InChI is InChI=1S/C16H14O4/c17-9-15(19)16(10-20-16)14(18)8-12-6-3-5-11-4-1-2-7-13(11)12/h1-7,9,14,18H,8,10H2/t14-,16+/m1/s1. The number of hydrogen-bond acceptors (Lipinski definition) is 4. The Morgan fingerprint density at radius 2 is 2.00 bits per heavy atom. The molecular formula is C16H14O4. The Morgan fingerprint density at radius 3 is 2.70 bits per heavy atom. The first-order valence-electron chi connectivity index (χ1n) is 6.45. The number of carbonyl (C=O) groups is 2. The monoisotopic (exact) mass is 270 g/mol. The molecule has 2 atom stereocenters. The lowest BCUT2D eigenvalue weighted by atomic mass is 9.91. The fraction of sp³-hybridized carbons (Fsp3) is 0.250. The minimum Gasteiger partial charge on any atom is -0.389 e. The molecule has 1 N–H and O–H groups in total. The molecule has 3 rings (SSSR count). The number of fused-ring (bicyclic) bond motifs is 1. The summed E-state index contributed by atoms with van der Waals surface area (Å²) >= 11 is 0. The van der Waals surface area contributed by atoms with Crippen LogP contribution in [-0.2, 0) is 20.7 Å². The molecule has 0 aliphatic carbocycles. The molecule has 4 nitrogen and oxygen atoms in total. The molecule has 0 amide bonds. The molecule has 0 aromatic heterocycles. The van der Waals surface area contributed by atoms with Gasteiger partial charge in [0.2, 0.25) is 5.78 Å². The van der Waals surface area contributed by atoms with Crippen LogP contribution in [0.4, 0.5) is 0 Å². The van der Waals surface area contributed by atoms with Gasteiger partial charge in [0.1, 0.15) is 0 Å². The Hall–Kier alpha value is -2.04. The van der Waals surface area contributed by atoms with E-state index in [9.17, 15) is 14.7 Å². The van der Waals surface area contributed by atoms with Crippen molar-refractivity contribution < 1.29 is 19.4 Å². The Bertz CT molecular complexity index is 668. The van der Waals surface area contributed by atoms with E-state index in [0.717, 1.165) is 16.3 Å². The summed E-state index contributed by atoms with van der Waals surface area (Å²) in [6.07, 6.45) is -0.508. The van der Waals surface area contributed by atoms with E-state index < -0.39 is 17.5 Å². The number of epoxide rings is 1. The summed E-state index contributed by atoms with van der Waals surface area (Å²) < 4.78 is 5.06. The van der Waals surface area contributed by atoms with E-state index in [4.69, 9.17) is 4.74 Å². The van der Waals surface area contributed by atoms with Crippen LogP contribution in [0.3, 0.4) is 0 Å². The van der Waals surface area contributed by atoms with Gasteiger partial charge < -0.3 is 9.84 Å². The second-order valence-corrected chi connectivity index (χ2v) is 5.02. The number of aliphatic hydroxyl groups excluding tert-OH is 1. The van der Waals surface area contributed by atoms with Crippen LogP contribution in [0.5, 0.6) is 0 Å². The molecule has 1 aliphatic rings. The normalized spacial score (nSPS) is 22.4. The Kier molecular flexibility index (Phi) is 3.12. The summed E-state index contributed by atoms with van der Waals surface area (Å²) in [5, 5.41) is 12.4. The van der Waals surface area contributed by atoms with Crippen molar-refractivity contribution in [3.63, 3.8) is 0 Å². The summed E-state index contributed by atoms with van der Waals surface area (Å²) in [7, 11) is 0. The minimum absolute atomic E-state index is 0.108. The number of ether oxygens (including phenoxy) is 1. The van der Waals surface area contributed by atoms with E-state index in [1.54, 1.807) is 0 Å². The molecular weight excluding hydrogens is 256 g/mol. The molecule has 0 saturated carbocycles. The number of aldehydes is 1. The maximum atomic E-state index is 11.5. The lowest BCUT2D eigenvalue weighted by molar-refractivity contribution is -0.136. The highest BCUT2D eigenvalue weighted by Crippen LogP contribution is 2.34. The quantitative estimate of drug-likeness (QED) is 0.505. The molecule has 1 fully saturated rings. The third kappa shape index (κ3) is 2.03. The number of rotatable bonds is 5. The van der Waals surface area contributed by atoms with Gasteiger partial charge in [0.25, 0.3) is 0 Å². The molecule has 20 heavy (non-hydrogen) atoms. The molecule has 1 saturated heterocycles. The first-order chi connectivity index (χ1) is 9.67. The van der Waals surface area contributed by atoms with Crippen molar-refractivity contribution >= 4 is 22.8 Å². The second kappa shape index (κ2) is 4.81. The van der Waals surface area contributed by atoms with Crippen molar-refractivity contribution in [2.75, 3.05) is 6.61 Å². The molecule has 2 aromatic rings. The van der Waals surface area contributed by atoms with Gasteiger partial charge >= 0.3 is 0 Å². The molecule has 1 heterocycles. The van der Waals surface area contributed by atoms with Crippen LogP contribution in [0.15, 0.2) is 42.5 Å². The number of Topliss-reactive ketones (excluding diaryl/α,β-unsaturated/α-hetero) is 1. The lowest BCUT2D eigenvalue weighted by Crippen LogP contribution is -2.40. The first-order valence-corrected chi connectivity index (χ1v) is 6.45. The number of benzene rings is 2. The summed E-state index contributed by atoms with van der Waals surface area (Å²) in [4.78, 5) is 22.2. The number of aliphatic hydroxyl groups is 1. The van der Waals surface area contributed by atoms with Crippen LogP contribution in [0.25, 0.3) is 10.8 Å². The number of carbonyl (C=O) groups excluding carboxylic acids is 2. The molecule has 102 valence electrons. The average Bonchev–Trinajstić information content (AvgIpc) is 3.28. The summed E-state index contributed by atoms with van der Waals surface area (Å²) in [6, 6.07) is 13.7. The van der Waals surface area contributed by atoms with Gasteiger partial charge in [-0.3, -0.25) is 9.59 Å². The zero-order chi connectivity index (χ0) is 14.2. The molecule has 2 aromatic carbocycles. The fourth-order valence-electron chi connectivity index (χ4n) is 2.52. The zero-order valence-electron chi connectivity index (χ0n) is 10.8. The minimum atomic E-state index is -1.32. The summed E-state index contributed by atoms with van der Waals surface area (Å²) in [6.45, 7) is 0.108. The van der Waals surface area contributed by atoms with Crippen molar-refractivity contribution in [2.24, 2.45) is 0 Å². The Balaban J connectivity index is 1.90. The van der Waals surface area contributed by atoms with E-state index in [0.29, 0.717) is 0 Å². The van der Waals surface area contributed by atoms with E-state index in [2.05, 4.69) is 0 Å². The van der Waals surface area contributed by atoms with Crippen molar-refractivity contribution in [3.8, 4) is 0 Å². The van der Waals surface area contributed by atoms with Gasteiger partial charge in [0.15, 0.2) is 11.9 Å². The topological polar surface area (TPSA) is 66.9 Å².